The van der Waals surface area contributed by atoms with Crippen LogP contribution in [0.1, 0.15) is 18.9 Å². The fourth-order valence-corrected chi connectivity index (χ4v) is 1.89. The number of hydrogen-bond donors (Lipinski definition) is 1. The van der Waals surface area contributed by atoms with Crippen molar-refractivity contribution in [3.05, 3.63) is 24.3 Å². The summed E-state index contributed by atoms with van der Waals surface area (Å²) in [6.07, 6.45) is 6.16. The zero-order chi connectivity index (χ0) is 14.5. The van der Waals surface area contributed by atoms with Gasteiger partial charge >= 0.3 is 0 Å². The van der Waals surface area contributed by atoms with Crippen molar-refractivity contribution in [1.82, 2.24) is 19.7 Å². The summed E-state index contributed by atoms with van der Waals surface area (Å²) < 4.78 is 7.28. The van der Waals surface area contributed by atoms with Crippen molar-refractivity contribution in [2.75, 3.05) is 24.3 Å². The van der Waals surface area contributed by atoms with Crippen molar-refractivity contribution < 1.29 is 4.74 Å². The maximum Gasteiger partial charge on any atom is 0.242 e. The van der Waals surface area contributed by atoms with Crippen LogP contribution in [0.5, 0.6) is 5.88 Å². The van der Waals surface area contributed by atoms with Gasteiger partial charge in [0, 0.05) is 32.4 Å². The molecule has 0 radical (unpaired) electrons. The van der Waals surface area contributed by atoms with Gasteiger partial charge in [0.05, 0.1) is 12.8 Å². The van der Waals surface area contributed by atoms with E-state index in [1.807, 2.05) is 38.3 Å². The number of nitrogens with two attached hydrogens (primary N) is 1. The van der Waals surface area contributed by atoms with Crippen LogP contribution in [-0.4, -0.2) is 33.4 Å². The molecular weight excluding hydrogens is 256 g/mol. The highest BCUT2D eigenvalue weighted by molar-refractivity contribution is 5.67. The molecule has 0 bridgehead atoms. The number of nitrogen functional groups attached to an aromatic ring is 1. The van der Waals surface area contributed by atoms with Gasteiger partial charge in [0.15, 0.2) is 5.82 Å². The lowest BCUT2D eigenvalue weighted by Gasteiger charge is -2.19. The molecule has 0 atom stereocenters. The maximum absolute atomic E-state index is 6.07. The van der Waals surface area contributed by atoms with E-state index in [1.54, 1.807) is 4.68 Å². The predicted molar refractivity (Wildman–Crippen MR) is 77.5 cm³/mol. The molecule has 0 saturated carbocycles. The Labute approximate surface area is 118 Å². The van der Waals surface area contributed by atoms with E-state index < -0.39 is 0 Å². The summed E-state index contributed by atoms with van der Waals surface area (Å²) in [5.41, 5.74) is 7.62. The molecule has 20 heavy (non-hydrogen) atoms. The molecule has 0 saturated heterocycles. The molecule has 0 spiro atoms. The summed E-state index contributed by atoms with van der Waals surface area (Å²) in [7, 11) is 3.81. The quantitative estimate of drug-likeness (QED) is 0.854. The van der Waals surface area contributed by atoms with Crippen LogP contribution in [0, 0.1) is 0 Å². The van der Waals surface area contributed by atoms with E-state index in [0.717, 1.165) is 12.0 Å². The van der Waals surface area contributed by atoms with Gasteiger partial charge in [-0.05, 0) is 6.42 Å². The normalized spacial score (nSPS) is 10.6. The van der Waals surface area contributed by atoms with Crippen LogP contribution in [0.15, 0.2) is 18.7 Å². The Morgan fingerprint density at radius 2 is 2.20 bits per heavy atom. The summed E-state index contributed by atoms with van der Waals surface area (Å²) in [5, 5.41) is 4.15. The molecular formula is C13H20N6O. The van der Waals surface area contributed by atoms with Gasteiger partial charge in [-0.2, -0.15) is 10.1 Å². The lowest BCUT2D eigenvalue weighted by molar-refractivity contribution is 0.306. The van der Waals surface area contributed by atoms with Gasteiger partial charge in [0.2, 0.25) is 5.88 Å². The fourth-order valence-electron chi connectivity index (χ4n) is 1.89. The lowest BCUT2D eigenvalue weighted by Crippen LogP contribution is -2.19. The number of rotatable bonds is 6. The average molecular weight is 276 g/mol. The van der Waals surface area contributed by atoms with E-state index in [1.165, 1.54) is 6.33 Å². The molecule has 0 aliphatic rings. The van der Waals surface area contributed by atoms with Gasteiger partial charge in [-0.25, -0.2) is 4.98 Å². The number of ether oxygens (including phenoxy) is 1. The molecule has 0 aromatic carbocycles. The summed E-state index contributed by atoms with van der Waals surface area (Å²) in [6.45, 7) is 3.29. The number of aromatic nitrogens is 4. The summed E-state index contributed by atoms with van der Waals surface area (Å²) in [6, 6.07) is 0. The Morgan fingerprint density at radius 1 is 1.40 bits per heavy atom. The molecule has 2 rings (SSSR count). The van der Waals surface area contributed by atoms with E-state index >= 15 is 0 Å². The number of anilines is 2. The third-order valence-electron chi connectivity index (χ3n) is 2.81. The summed E-state index contributed by atoms with van der Waals surface area (Å²) >= 11 is 0. The highest BCUT2D eigenvalue weighted by Gasteiger charge is 2.13. The molecule has 0 amide bonds. The summed E-state index contributed by atoms with van der Waals surface area (Å²) in [5.74, 6) is 1.10. The molecule has 108 valence electrons. The monoisotopic (exact) mass is 276 g/mol. The van der Waals surface area contributed by atoms with Crippen molar-refractivity contribution in [2.24, 2.45) is 7.05 Å². The first-order valence-corrected chi connectivity index (χ1v) is 6.53. The van der Waals surface area contributed by atoms with Crippen LogP contribution >= 0.6 is 0 Å². The number of hydrogen-bond acceptors (Lipinski definition) is 6. The van der Waals surface area contributed by atoms with E-state index in [9.17, 15) is 0 Å². The Bertz CT molecular complexity index is 568. The molecule has 2 aromatic rings. The van der Waals surface area contributed by atoms with E-state index in [2.05, 4.69) is 15.1 Å². The average Bonchev–Trinajstić information content (AvgIpc) is 2.83. The Balaban J connectivity index is 2.14. The Hall–Kier alpha value is -2.31. The largest absolute Gasteiger partial charge is 0.476 e. The SMILES string of the molecule is CCCOc1ncnc(N(C)Cc2cnn(C)c2)c1N. The van der Waals surface area contributed by atoms with Crippen LogP contribution in [0.4, 0.5) is 11.5 Å². The second kappa shape index (κ2) is 6.23. The van der Waals surface area contributed by atoms with E-state index in [0.29, 0.717) is 30.5 Å². The molecule has 7 heteroatoms. The first-order valence-electron chi connectivity index (χ1n) is 6.53. The van der Waals surface area contributed by atoms with Crippen LogP contribution < -0.4 is 15.4 Å². The smallest absolute Gasteiger partial charge is 0.242 e. The highest BCUT2D eigenvalue weighted by Crippen LogP contribution is 2.27. The topological polar surface area (TPSA) is 82.1 Å². The number of aryl methyl sites for hydroxylation is 1. The molecule has 0 aliphatic heterocycles. The maximum atomic E-state index is 6.07. The Morgan fingerprint density at radius 3 is 2.85 bits per heavy atom. The zero-order valence-corrected chi connectivity index (χ0v) is 12.1. The molecule has 2 heterocycles. The van der Waals surface area contributed by atoms with Crippen LogP contribution in [0.2, 0.25) is 0 Å². The van der Waals surface area contributed by atoms with Crippen LogP contribution in [-0.2, 0) is 13.6 Å². The fraction of sp³-hybridized carbons (Fsp3) is 0.462. The number of nitrogens with zero attached hydrogens (tertiary/aromatic N) is 5. The molecule has 0 aliphatic carbocycles. The second-order valence-corrected chi connectivity index (χ2v) is 4.64. The molecule has 0 fully saturated rings. The minimum absolute atomic E-state index is 0.440. The van der Waals surface area contributed by atoms with Gasteiger partial charge < -0.3 is 15.4 Å². The third-order valence-corrected chi connectivity index (χ3v) is 2.81. The van der Waals surface area contributed by atoms with Crippen molar-refractivity contribution in [3.8, 4) is 5.88 Å². The van der Waals surface area contributed by atoms with Crippen molar-refractivity contribution in [2.45, 2.75) is 19.9 Å². The summed E-state index contributed by atoms with van der Waals surface area (Å²) in [4.78, 5) is 10.3. The second-order valence-electron chi connectivity index (χ2n) is 4.64. The highest BCUT2D eigenvalue weighted by atomic mass is 16.5. The third kappa shape index (κ3) is 3.17. The minimum Gasteiger partial charge on any atom is -0.476 e. The van der Waals surface area contributed by atoms with Gasteiger partial charge in [-0.15, -0.1) is 0 Å². The minimum atomic E-state index is 0.440. The van der Waals surface area contributed by atoms with E-state index in [-0.39, 0.29) is 0 Å². The van der Waals surface area contributed by atoms with Gasteiger partial charge in [-0.3, -0.25) is 4.68 Å². The van der Waals surface area contributed by atoms with Crippen molar-refractivity contribution in [1.29, 1.82) is 0 Å². The van der Waals surface area contributed by atoms with Gasteiger partial charge in [0.1, 0.15) is 12.0 Å². The first kappa shape index (κ1) is 14.1. The zero-order valence-electron chi connectivity index (χ0n) is 12.1. The predicted octanol–water partition coefficient (Wildman–Crippen LogP) is 1.22. The molecule has 7 nitrogen and oxygen atoms in total. The van der Waals surface area contributed by atoms with E-state index in [4.69, 9.17) is 10.5 Å². The van der Waals surface area contributed by atoms with Crippen molar-refractivity contribution >= 4 is 11.5 Å². The van der Waals surface area contributed by atoms with Crippen molar-refractivity contribution in [3.63, 3.8) is 0 Å². The molecule has 2 aromatic heterocycles. The standard InChI is InChI=1S/C13H20N6O/c1-4-5-20-13-11(14)12(15-9-16-13)18(2)7-10-6-17-19(3)8-10/h6,8-9H,4-5,7,14H2,1-3H3. The first-order chi connectivity index (χ1) is 9.61. The van der Waals surface area contributed by atoms with Crippen LogP contribution in [0.3, 0.4) is 0 Å². The Kier molecular flexibility index (Phi) is 4.39. The molecule has 2 N–H and O–H groups in total. The lowest BCUT2D eigenvalue weighted by atomic mass is 10.3. The van der Waals surface area contributed by atoms with Crippen LogP contribution in [0.25, 0.3) is 0 Å². The van der Waals surface area contributed by atoms with Gasteiger partial charge in [0.25, 0.3) is 0 Å². The molecule has 0 unspecified atom stereocenters. The van der Waals surface area contributed by atoms with Gasteiger partial charge in [-0.1, -0.05) is 6.92 Å².